The molecule has 80 heavy (non-hydrogen) atoms. The van der Waals surface area contributed by atoms with Crippen molar-refractivity contribution in [2.45, 2.75) is 9.79 Å². The molecule has 14 N–H and O–H groups in total. The summed E-state index contributed by atoms with van der Waals surface area (Å²) < 4.78 is 72.9. The van der Waals surface area contributed by atoms with Crippen LogP contribution in [0, 0.1) is 0 Å². The van der Waals surface area contributed by atoms with Crippen LogP contribution >= 0.6 is 0 Å². The minimum atomic E-state index is -4.94. The molecule has 0 spiro atoms. The Bertz CT molecular complexity index is 3160. The minimum absolute atomic E-state index is 0.00750. The number of amides is 2. The van der Waals surface area contributed by atoms with Crippen molar-refractivity contribution in [1.29, 1.82) is 0 Å². The van der Waals surface area contributed by atoms with Crippen molar-refractivity contribution in [2.75, 3.05) is 136 Å². The summed E-state index contributed by atoms with van der Waals surface area (Å²) >= 11 is 0. The molecule has 0 radical (unpaired) electrons. The molecule has 2 aliphatic rings. The van der Waals surface area contributed by atoms with E-state index in [-0.39, 0.29) is 84.4 Å². The van der Waals surface area contributed by atoms with Crippen molar-refractivity contribution in [1.82, 2.24) is 50.3 Å². The Kier molecular flexibility index (Phi) is 19.4. The van der Waals surface area contributed by atoms with E-state index in [1.165, 1.54) is 36.4 Å². The molecule has 0 unspecified atom stereocenters. The van der Waals surface area contributed by atoms with E-state index in [1.54, 1.807) is 48.5 Å². The van der Waals surface area contributed by atoms with Gasteiger partial charge in [0.2, 0.25) is 35.7 Å². The normalized spacial score (nSPS) is 14.5. The summed E-state index contributed by atoms with van der Waals surface area (Å²) in [5.41, 5.74) is 13.5. The highest BCUT2D eigenvalue weighted by atomic mass is 32.2. The van der Waals surface area contributed by atoms with Crippen LogP contribution < -0.4 is 53.2 Å². The fourth-order valence-electron chi connectivity index (χ4n) is 8.54. The number of carbonyl (C=O) groups excluding carboxylic acids is 2. The summed E-state index contributed by atoms with van der Waals surface area (Å²) in [4.78, 5) is 59.7. The summed E-state index contributed by atoms with van der Waals surface area (Å²) in [6.07, 6.45) is 2.52. The number of nitrogens with one attached hydrogen (secondary N) is 6. The topological polar surface area (TPSA) is 398 Å². The number of anilines is 10. The van der Waals surface area contributed by atoms with Crippen LogP contribution in [0.5, 0.6) is 0 Å². The fourth-order valence-corrected chi connectivity index (χ4v) is 9.96. The lowest BCUT2D eigenvalue weighted by Crippen LogP contribution is -2.48. The molecule has 8 rings (SSSR count). The van der Waals surface area contributed by atoms with Crippen molar-refractivity contribution < 1.29 is 45.7 Å². The largest absolute Gasteiger partial charge is 0.395 e. The van der Waals surface area contributed by atoms with E-state index in [1.807, 2.05) is 9.80 Å². The van der Waals surface area contributed by atoms with Gasteiger partial charge in [-0.15, -0.1) is 0 Å². The summed E-state index contributed by atoms with van der Waals surface area (Å²) in [6, 6.07) is 21.0. The molecule has 4 aromatic carbocycles. The van der Waals surface area contributed by atoms with Gasteiger partial charge in [-0.05, 0) is 83.9 Å². The van der Waals surface area contributed by atoms with Crippen molar-refractivity contribution in [3.8, 4) is 0 Å². The predicted molar refractivity (Wildman–Crippen MR) is 301 cm³/mol. The molecular formula is C50H62N18O10S2. The monoisotopic (exact) mass is 1140 g/mol. The van der Waals surface area contributed by atoms with Crippen molar-refractivity contribution in [2.24, 2.45) is 11.5 Å². The molecule has 0 saturated carbocycles. The van der Waals surface area contributed by atoms with Crippen molar-refractivity contribution >= 4 is 103 Å². The van der Waals surface area contributed by atoms with E-state index in [0.717, 1.165) is 25.2 Å². The number of hydrogen-bond acceptors (Lipinski definition) is 24. The van der Waals surface area contributed by atoms with E-state index in [4.69, 9.17) is 21.7 Å². The summed E-state index contributed by atoms with van der Waals surface area (Å²) in [7, 11) is -9.87. The molecule has 2 aliphatic heterocycles. The molecule has 6 aromatic rings. The van der Waals surface area contributed by atoms with E-state index in [2.05, 4.69) is 71.6 Å². The molecule has 0 aliphatic carbocycles. The third kappa shape index (κ3) is 15.8. The number of nitrogens with zero attached hydrogens (tertiary/aromatic N) is 10. The van der Waals surface area contributed by atoms with E-state index in [9.17, 15) is 35.5 Å². The molecule has 424 valence electrons. The molecular weight excluding hydrogens is 1080 g/mol. The van der Waals surface area contributed by atoms with Gasteiger partial charge in [-0.3, -0.25) is 28.5 Å². The predicted octanol–water partition coefficient (Wildman–Crippen LogP) is 1.30. The Morgan fingerprint density at radius 2 is 0.812 bits per heavy atom. The summed E-state index contributed by atoms with van der Waals surface area (Å²) in [5.74, 6) is 0.117. The van der Waals surface area contributed by atoms with Crippen molar-refractivity contribution in [3.63, 3.8) is 0 Å². The number of piperazine rings is 2. The number of nitrogens with two attached hydrogens (primary N) is 2. The average molecular weight is 1140 g/mol. The van der Waals surface area contributed by atoms with Crippen LogP contribution in [0.3, 0.4) is 0 Å². The first-order valence-corrected chi connectivity index (χ1v) is 28.2. The highest BCUT2D eigenvalue weighted by Crippen LogP contribution is 2.30. The van der Waals surface area contributed by atoms with Crippen LogP contribution in [0.1, 0.15) is 31.8 Å². The Balaban J connectivity index is 1.04. The van der Waals surface area contributed by atoms with Gasteiger partial charge in [-0.2, -0.15) is 46.7 Å². The second-order valence-corrected chi connectivity index (χ2v) is 21.0. The molecule has 2 saturated heterocycles. The number of aromatic nitrogens is 6. The van der Waals surface area contributed by atoms with Crippen molar-refractivity contribution in [3.05, 3.63) is 107 Å². The molecule has 0 bridgehead atoms. The van der Waals surface area contributed by atoms with Gasteiger partial charge in [0.25, 0.3) is 32.1 Å². The van der Waals surface area contributed by atoms with Crippen LogP contribution in [0.2, 0.25) is 0 Å². The average Bonchev–Trinajstić information content (AvgIpc) is 3.49. The molecule has 28 nitrogen and oxygen atoms in total. The Morgan fingerprint density at radius 3 is 1.12 bits per heavy atom. The fraction of sp³-hybridized carbons (Fsp3) is 0.320. The standard InChI is InChI=1S/C50H62N18O10S2/c51-15-19-65-21-25-67(26-22-65)49-61-45(55-37-9-5-35(6-10-37)43(71)53-17-29-69)59-47(63-49)57-39-13-3-33(41(31-39)79(73,74)75)1-2-34-4-14-40(32-42(34)80(76,77)78)58-48-60-46(56-38-11-7-36(8-12-38)44(72)54-18-30-70)62-50(64-48)68-27-23-66(20-16-52)24-28-68/h1-14,31-32,69-70H,15-30,51-52H2,(H,53,71)(H,54,72)(H,73,74,75)(H,76,77,78)(H2,55,57,59,61,63)(H2,56,58,60,62,64). The summed E-state index contributed by atoms with van der Waals surface area (Å²) in [6.45, 7) is 7.28. The molecule has 2 amide bonds. The lowest BCUT2D eigenvalue weighted by molar-refractivity contribution is 0.0937. The number of hydrogen-bond donors (Lipinski definition) is 12. The Morgan fingerprint density at radius 1 is 0.487 bits per heavy atom. The lowest BCUT2D eigenvalue weighted by atomic mass is 10.1. The van der Waals surface area contributed by atoms with Gasteiger partial charge in [0.1, 0.15) is 9.79 Å². The number of aliphatic hydroxyl groups excluding tert-OH is 2. The zero-order valence-corrected chi connectivity index (χ0v) is 44.9. The quantitative estimate of drug-likeness (QED) is 0.0300. The number of benzene rings is 4. The smallest absolute Gasteiger partial charge is 0.295 e. The second-order valence-electron chi connectivity index (χ2n) is 18.2. The maximum atomic E-state index is 13.0. The molecule has 2 aromatic heterocycles. The zero-order valence-electron chi connectivity index (χ0n) is 43.2. The first-order valence-electron chi connectivity index (χ1n) is 25.3. The van der Waals surface area contributed by atoms with Crippen LogP contribution in [0.15, 0.2) is 94.7 Å². The first kappa shape index (κ1) is 58.1. The van der Waals surface area contributed by atoms with Crippen LogP contribution in [0.25, 0.3) is 12.2 Å². The van der Waals surface area contributed by atoms with Gasteiger partial charge in [0, 0.05) is 126 Å². The highest BCUT2D eigenvalue weighted by Gasteiger charge is 2.24. The molecule has 4 heterocycles. The Hall–Kier alpha value is -8.04. The Labute approximate surface area is 461 Å². The van der Waals surface area contributed by atoms with Gasteiger partial charge in [0.05, 0.1) is 13.2 Å². The second kappa shape index (κ2) is 26.7. The molecule has 2 fully saturated rings. The third-order valence-electron chi connectivity index (χ3n) is 12.6. The minimum Gasteiger partial charge on any atom is -0.395 e. The lowest BCUT2D eigenvalue weighted by Gasteiger charge is -2.34. The zero-order chi connectivity index (χ0) is 56.8. The van der Waals surface area contributed by atoms with Gasteiger partial charge in [0.15, 0.2) is 0 Å². The van der Waals surface area contributed by atoms with Crippen LogP contribution in [-0.4, -0.2) is 193 Å². The first-order chi connectivity index (χ1) is 38.5. The number of carbonyl (C=O) groups is 2. The maximum Gasteiger partial charge on any atom is 0.295 e. The highest BCUT2D eigenvalue weighted by molar-refractivity contribution is 7.86. The third-order valence-corrected chi connectivity index (χ3v) is 14.4. The van der Waals surface area contributed by atoms with E-state index >= 15 is 0 Å². The van der Waals surface area contributed by atoms with Gasteiger partial charge in [-0.1, -0.05) is 24.3 Å². The van der Waals surface area contributed by atoms with Crippen LogP contribution in [-0.2, 0) is 20.2 Å². The van der Waals surface area contributed by atoms with Gasteiger partial charge >= 0.3 is 0 Å². The van der Waals surface area contributed by atoms with Gasteiger partial charge in [-0.25, -0.2) is 0 Å². The van der Waals surface area contributed by atoms with Gasteiger partial charge < -0.3 is 63.4 Å². The molecule has 30 heteroatoms. The number of aliphatic hydroxyl groups is 2. The van der Waals surface area contributed by atoms with Crippen LogP contribution in [0.4, 0.5) is 58.4 Å². The summed E-state index contributed by atoms with van der Waals surface area (Å²) in [5, 5.41) is 35.6. The SMILES string of the molecule is NCCN1CCN(c2nc(Nc3ccc(C(=O)NCCO)cc3)nc(Nc3ccc(C=Cc4ccc(Nc5nc(Nc6ccc(C(=O)NCCO)cc6)nc(N6CCN(CCN)CC6)n5)cc4S(=O)(=O)O)c(S(=O)(=O)O)c3)n2)CC1. The maximum absolute atomic E-state index is 13.0. The van der Waals surface area contributed by atoms with E-state index in [0.29, 0.717) is 99.8 Å². The molecule has 0 atom stereocenters. The number of rotatable bonds is 24. The van der Waals surface area contributed by atoms with E-state index < -0.39 is 30.0 Å².